The lowest BCUT2D eigenvalue weighted by atomic mass is 10.2. The van der Waals surface area contributed by atoms with Crippen molar-refractivity contribution in [1.82, 2.24) is 14.8 Å². The minimum atomic E-state index is 0.392. The van der Waals surface area contributed by atoms with Gasteiger partial charge in [-0.25, -0.2) is 4.68 Å². The van der Waals surface area contributed by atoms with Crippen LogP contribution in [0.4, 0.5) is 11.5 Å². The molecule has 0 radical (unpaired) electrons. The summed E-state index contributed by atoms with van der Waals surface area (Å²) in [6.45, 7) is 0.823. The standard InChI is InChI=1S/C28H24N4O2/c1-4-10-22(11-5-1)20-33-27-17-16-25(28(30-27)34-21-23-12-6-2-7-13-23)29-26-18-19-32(31-26)24-14-8-3-9-15-24/h1-19H,20-21H2,(H,29,31). The Morgan fingerprint density at radius 1 is 0.647 bits per heavy atom. The third-order valence-corrected chi connectivity index (χ3v) is 5.16. The highest BCUT2D eigenvalue weighted by molar-refractivity contribution is 5.62. The molecule has 34 heavy (non-hydrogen) atoms. The third-order valence-electron chi connectivity index (χ3n) is 5.16. The first-order valence-electron chi connectivity index (χ1n) is 11.1. The van der Waals surface area contributed by atoms with Crippen LogP contribution in [0.5, 0.6) is 11.8 Å². The van der Waals surface area contributed by atoms with E-state index in [1.165, 1.54) is 0 Å². The van der Waals surface area contributed by atoms with Gasteiger partial charge in [-0.3, -0.25) is 0 Å². The average molecular weight is 449 g/mol. The van der Waals surface area contributed by atoms with Crippen LogP contribution in [-0.4, -0.2) is 14.8 Å². The molecule has 0 spiro atoms. The van der Waals surface area contributed by atoms with E-state index >= 15 is 0 Å². The van der Waals surface area contributed by atoms with E-state index in [2.05, 4.69) is 15.4 Å². The number of pyridine rings is 1. The summed E-state index contributed by atoms with van der Waals surface area (Å²) in [4.78, 5) is 4.62. The summed E-state index contributed by atoms with van der Waals surface area (Å²) in [6.07, 6.45) is 1.91. The highest BCUT2D eigenvalue weighted by Gasteiger charge is 2.11. The predicted octanol–water partition coefficient (Wildman–Crippen LogP) is 6.17. The van der Waals surface area contributed by atoms with Gasteiger partial charge < -0.3 is 14.8 Å². The van der Waals surface area contributed by atoms with Crippen LogP contribution in [-0.2, 0) is 13.2 Å². The predicted molar refractivity (Wildman–Crippen MR) is 133 cm³/mol. The van der Waals surface area contributed by atoms with Gasteiger partial charge in [-0.1, -0.05) is 78.9 Å². The van der Waals surface area contributed by atoms with Crippen LogP contribution < -0.4 is 14.8 Å². The molecule has 6 nitrogen and oxygen atoms in total. The number of nitrogens with zero attached hydrogens (tertiary/aromatic N) is 3. The summed E-state index contributed by atoms with van der Waals surface area (Å²) >= 11 is 0. The summed E-state index contributed by atoms with van der Waals surface area (Å²) in [5, 5.41) is 7.95. The topological polar surface area (TPSA) is 61.2 Å². The van der Waals surface area contributed by atoms with Crippen LogP contribution in [0, 0.1) is 0 Å². The maximum Gasteiger partial charge on any atom is 0.241 e. The molecule has 0 amide bonds. The second-order valence-corrected chi connectivity index (χ2v) is 7.66. The summed E-state index contributed by atoms with van der Waals surface area (Å²) in [5.41, 5.74) is 3.82. The number of ether oxygens (including phenoxy) is 2. The molecule has 6 heteroatoms. The number of hydrogen-bond donors (Lipinski definition) is 1. The molecule has 5 aromatic rings. The maximum atomic E-state index is 6.09. The van der Waals surface area contributed by atoms with Crippen molar-refractivity contribution in [3.05, 3.63) is 127 Å². The molecule has 0 saturated heterocycles. The van der Waals surface area contributed by atoms with Gasteiger partial charge in [0.25, 0.3) is 0 Å². The summed E-state index contributed by atoms with van der Waals surface area (Å²) in [6, 6.07) is 35.6. The molecule has 168 valence electrons. The van der Waals surface area contributed by atoms with Crippen LogP contribution in [0.3, 0.4) is 0 Å². The quantitative estimate of drug-likeness (QED) is 0.292. The SMILES string of the molecule is c1ccc(COc2ccc(Nc3ccn(-c4ccccc4)n3)c(OCc3ccccc3)n2)cc1. The number of aromatic nitrogens is 3. The second-order valence-electron chi connectivity index (χ2n) is 7.66. The Morgan fingerprint density at radius 3 is 1.94 bits per heavy atom. The van der Waals surface area contributed by atoms with Crippen molar-refractivity contribution in [2.24, 2.45) is 0 Å². The molecule has 5 rings (SSSR count). The number of hydrogen-bond acceptors (Lipinski definition) is 5. The molecule has 0 unspecified atom stereocenters. The highest BCUT2D eigenvalue weighted by Crippen LogP contribution is 2.29. The van der Waals surface area contributed by atoms with E-state index in [0.29, 0.717) is 36.5 Å². The Hall–Kier alpha value is -4.58. The van der Waals surface area contributed by atoms with Crippen LogP contribution >= 0.6 is 0 Å². The zero-order chi connectivity index (χ0) is 23.0. The summed E-state index contributed by atoms with van der Waals surface area (Å²) < 4.78 is 13.8. The van der Waals surface area contributed by atoms with Crippen molar-refractivity contribution in [2.75, 3.05) is 5.32 Å². The lowest BCUT2D eigenvalue weighted by Crippen LogP contribution is -2.04. The van der Waals surface area contributed by atoms with Crippen LogP contribution in [0.2, 0.25) is 0 Å². The lowest BCUT2D eigenvalue weighted by Gasteiger charge is -2.13. The molecule has 1 N–H and O–H groups in total. The van der Waals surface area contributed by atoms with Gasteiger partial charge in [-0.2, -0.15) is 10.1 Å². The number of benzene rings is 3. The number of rotatable bonds is 9. The number of nitrogens with one attached hydrogen (secondary N) is 1. The molecule has 0 atom stereocenters. The van der Waals surface area contributed by atoms with Crippen LogP contribution in [0.1, 0.15) is 11.1 Å². The van der Waals surface area contributed by atoms with Gasteiger partial charge in [-0.05, 0) is 29.3 Å². The second kappa shape index (κ2) is 10.4. The fraction of sp³-hybridized carbons (Fsp3) is 0.0714. The van der Waals surface area contributed by atoms with Crippen molar-refractivity contribution in [1.29, 1.82) is 0 Å². The molecule has 0 fully saturated rings. The van der Waals surface area contributed by atoms with E-state index in [0.717, 1.165) is 16.8 Å². The first kappa shape index (κ1) is 21.3. The molecule has 0 aliphatic heterocycles. The van der Waals surface area contributed by atoms with Crippen molar-refractivity contribution < 1.29 is 9.47 Å². The van der Waals surface area contributed by atoms with Gasteiger partial charge in [0.05, 0.1) is 5.69 Å². The van der Waals surface area contributed by atoms with E-state index in [9.17, 15) is 0 Å². The van der Waals surface area contributed by atoms with E-state index in [1.807, 2.05) is 120 Å². The van der Waals surface area contributed by atoms with Crippen molar-refractivity contribution >= 4 is 11.5 Å². The van der Waals surface area contributed by atoms with Gasteiger partial charge in [0.2, 0.25) is 11.8 Å². The van der Waals surface area contributed by atoms with E-state index in [4.69, 9.17) is 9.47 Å². The zero-order valence-electron chi connectivity index (χ0n) is 18.5. The van der Waals surface area contributed by atoms with E-state index in [1.54, 1.807) is 0 Å². The molecule has 2 heterocycles. The summed E-state index contributed by atoms with van der Waals surface area (Å²) in [5.74, 6) is 1.63. The van der Waals surface area contributed by atoms with Crippen molar-refractivity contribution in [2.45, 2.75) is 13.2 Å². The minimum Gasteiger partial charge on any atom is -0.473 e. The van der Waals surface area contributed by atoms with Crippen LogP contribution in [0.25, 0.3) is 5.69 Å². The average Bonchev–Trinajstić information content (AvgIpc) is 3.37. The zero-order valence-corrected chi connectivity index (χ0v) is 18.5. The van der Waals surface area contributed by atoms with Crippen molar-refractivity contribution in [3.8, 4) is 17.4 Å². The minimum absolute atomic E-state index is 0.392. The van der Waals surface area contributed by atoms with E-state index < -0.39 is 0 Å². The third kappa shape index (κ3) is 5.42. The fourth-order valence-electron chi connectivity index (χ4n) is 3.42. The van der Waals surface area contributed by atoms with Gasteiger partial charge in [0.15, 0.2) is 5.82 Å². The lowest BCUT2D eigenvalue weighted by molar-refractivity contribution is 0.269. The number of anilines is 2. The van der Waals surface area contributed by atoms with E-state index in [-0.39, 0.29) is 0 Å². The molecule has 0 aliphatic rings. The largest absolute Gasteiger partial charge is 0.473 e. The van der Waals surface area contributed by atoms with Gasteiger partial charge in [0, 0.05) is 18.3 Å². The fourth-order valence-corrected chi connectivity index (χ4v) is 3.42. The molecular weight excluding hydrogens is 424 g/mol. The molecular formula is C28H24N4O2. The van der Waals surface area contributed by atoms with Gasteiger partial charge in [-0.15, -0.1) is 0 Å². The van der Waals surface area contributed by atoms with Crippen LogP contribution in [0.15, 0.2) is 115 Å². The van der Waals surface area contributed by atoms with Crippen molar-refractivity contribution in [3.63, 3.8) is 0 Å². The Bertz CT molecular complexity index is 1320. The Labute approximate surface area is 198 Å². The van der Waals surface area contributed by atoms with Gasteiger partial charge in [0.1, 0.15) is 18.9 Å². The Morgan fingerprint density at radius 2 is 1.26 bits per heavy atom. The number of para-hydroxylation sites is 1. The molecule has 3 aromatic carbocycles. The monoisotopic (exact) mass is 448 g/mol. The first-order valence-corrected chi connectivity index (χ1v) is 11.1. The first-order chi connectivity index (χ1) is 16.8. The smallest absolute Gasteiger partial charge is 0.241 e. The molecule has 0 bridgehead atoms. The Kier molecular flexibility index (Phi) is 6.48. The Balaban J connectivity index is 1.35. The normalized spacial score (nSPS) is 10.6. The molecule has 0 aliphatic carbocycles. The highest BCUT2D eigenvalue weighted by atomic mass is 16.5. The van der Waals surface area contributed by atoms with Gasteiger partial charge >= 0.3 is 0 Å². The molecule has 2 aromatic heterocycles. The maximum absolute atomic E-state index is 6.09. The summed E-state index contributed by atoms with van der Waals surface area (Å²) in [7, 11) is 0. The molecule has 0 saturated carbocycles.